The predicted molar refractivity (Wildman–Crippen MR) is 70.5 cm³/mol. The van der Waals surface area contributed by atoms with Crippen molar-refractivity contribution >= 4 is 0 Å². The van der Waals surface area contributed by atoms with Gasteiger partial charge in [-0.15, -0.1) is 0 Å². The van der Waals surface area contributed by atoms with Crippen LogP contribution < -0.4 is 5.32 Å². The Morgan fingerprint density at radius 2 is 1.81 bits per heavy atom. The zero-order valence-corrected chi connectivity index (χ0v) is 11.2. The maximum atomic E-state index is 3.87. The van der Waals surface area contributed by atoms with Gasteiger partial charge in [-0.3, -0.25) is 0 Å². The summed E-state index contributed by atoms with van der Waals surface area (Å²) in [6, 6.07) is 0.854. The fourth-order valence-corrected chi connectivity index (χ4v) is 3.92. The first-order chi connectivity index (χ1) is 7.81. The van der Waals surface area contributed by atoms with Gasteiger partial charge in [0.25, 0.3) is 0 Å². The molecule has 0 heterocycles. The highest BCUT2D eigenvalue weighted by atomic mass is 14.9. The molecule has 0 aliphatic heterocycles. The zero-order chi connectivity index (χ0) is 11.4. The van der Waals surface area contributed by atoms with Crippen LogP contribution >= 0.6 is 0 Å². The summed E-state index contributed by atoms with van der Waals surface area (Å²) in [6.45, 7) is 5.95. The number of rotatable bonds is 5. The van der Waals surface area contributed by atoms with Crippen LogP contribution in [0.25, 0.3) is 0 Å². The first kappa shape index (κ1) is 12.4. The molecule has 2 saturated carbocycles. The van der Waals surface area contributed by atoms with Crippen LogP contribution in [0.3, 0.4) is 0 Å². The van der Waals surface area contributed by atoms with E-state index in [9.17, 15) is 0 Å². The van der Waals surface area contributed by atoms with Crippen molar-refractivity contribution in [3.8, 4) is 0 Å². The fraction of sp³-hybridized carbons (Fsp3) is 1.00. The highest BCUT2D eigenvalue weighted by Gasteiger charge is 2.34. The molecule has 0 amide bonds. The van der Waals surface area contributed by atoms with Crippen molar-refractivity contribution in [2.75, 3.05) is 6.54 Å². The maximum absolute atomic E-state index is 3.87. The van der Waals surface area contributed by atoms with E-state index in [4.69, 9.17) is 0 Å². The molecule has 2 aliphatic rings. The lowest BCUT2D eigenvalue weighted by Crippen LogP contribution is -2.41. The Bertz CT molecular complexity index is 196. The first-order valence-corrected chi connectivity index (χ1v) is 7.54. The van der Waals surface area contributed by atoms with Gasteiger partial charge in [-0.1, -0.05) is 33.1 Å². The Balaban J connectivity index is 1.90. The van der Waals surface area contributed by atoms with Crippen LogP contribution in [0, 0.1) is 17.8 Å². The Labute approximate surface area is 101 Å². The molecule has 0 aromatic carbocycles. The average molecular weight is 223 g/mol. The van der Waals surface area contributed by atoms with Gasteiger partial charge < -0.3 is 5.32 Å². The fourth-order valence-electron chi connectivity index (χ4n) is 3.92. The molecular formula is C15H29N. The second-order valence-electron chi connectivity index (χ2n) is 6.20. The molecule has 2 rings (SSSR count). The third-order valence-electron chi connectivity index (χ3n) is 4.78. The molecule has 0 spiro atoms. The van der Waals surface area contributed by atoms with E-state index in [1.165, 1.54) is 57.9 Å². The lowest BCUT2D eigenvalue weighted by Gasteiger charge is -2.30. The minimum atomic E-state index is 0.854. The highest BCUT2D eigenvalue weighted by Crippen LogP contribution is 2.39. The van der Waals surface area contributed by atoms with Gasteiger partial charge in [0, 0.05) is 6.04 Å². The molecule has 0 aromatic rings. The lowest BCUT2D eigenvalue weighted by molar-refractivity contribution is 0.257. The molecule has 1 nitrogen and oxygen atoms in total. The van der Waals surface area contributed by atoms with Crippen molar-refractivity contribution in [3.05, 3.63) is 0 Å². The average Bonchev–Trinajstić information content (AvgIpc) is 2.91. The molecule has 1 heteroatoms. The summed E-state index contributed by atoms with van der Waals surface area (Å²) in [5.74, 6) is 2.98. The van der Waals surface area contributed by atoms with E-state index < -0.39 is 0 Å². The summed E-state index contributed by atoms with van der Waals surface area (Å²) in [5, 5.41) is 3.87. The van der Waals surface area contributed by atoms with Gasteiger partial charge in [-0.2, -0.15) is 0 Å². The van der Waals surface area contributed by atoms with E-state index in [0.29, 0.717) is 0 Å². The van der Waals surface area contributed by atoms with E-state index in [1.807, 2.05) is 0 Å². The van der Waals surface area contributed by atoms with Gasteiger partial charge >= 0.3 is 0 Å². The van der Waals surface area contributed by atoms with Gasteiger partial charge in [-0.25, -0.2) is 0 Å². The van der Waals surface area contributed by atoms with Crippen molar-refractivity contribution < 1.29 is 0 Å². The molecule has 0 saturated heterocycles. The largest absolute Gasteiger partial charge is 0.313 e. The summed E-state index contributed by atoms with van der Waals surface area (Å²) >= 11 is 0. The molecule has 16 heavy (non-hydrogen) atoms. The molecule has 94 valence electrons. The van der Waals surface area contributed by atoms with Gasteiger partial charge in [0.1, 0.15) is 0 Å². The van der Waals surface area contributed by atoms with Crippen LogP contribution in [0.2, 0.25) is 0 Å². The second kappa shape index (κ2) is 6.05. The summed E-state index contributed by atoms with van der Waals surface area (Å²) in [7, 11) is 0. The SMILES string of the molecule is CCCNC(C1CCCC1)C1CCC(C)C1. The van der Waals surface area contributed by atoms with Crippen molar-refractivity contribution in [1.82, 2.24) is 5.32 Å². The third kappa shape index (κ3) is 3.00. The van der Waals surface area contributed by atoms with E-state index in [1.54, 1.807) is 0 Å². The minimum absolute atomic E-state index is 0.854. The Morgan fingerprint density at radius 1 is 1.06 bits per heavy atom. The molecule has 0 radical (unpaired) electrons. The molecule has 3 atom stereocenters. The Morgan fingerprint density at radius 3 is 2.38 bits per heavy atom. The van der Waals surface area contributed by atoms with Crippen molar-refractivity contribution in [2.45, 2.75) is 71.3 Å². The predicted octanol–water partition coefficient (Wildman–Crippen LogP) is 3.98. The van der Waals surface area contributed by atoms with Gasteiger partial charge in [0.05, 0.1) is 0 Å². The summed E-state index contributed by atoms with van der Waals surface area (Å²) in [6.07, 6.45) is 11.7. The van der Waals surface area contributed by atoms with E-state index in [-0.39, 0.29) is 0 Å². The topological polar surface area (TPSA) is 12.0 Å². The van der Waals surface area contributed by atoms with Crippen molar-refractivity contribution in [1.29, 1.82) is 0 Å². The molecule has 0 bridgehead atoms. The summed E-state index contributed by atoms with van der Waals surface area (Å²) in [5.41, 5.74) is 0. The molecule has 3 unspecified atom stereocenters. The van der Waals surface area contributed by atoms with Crippen molar-refractivity contribution in [2.24, 2.45) is 17.8 Å². The smallest absolute Gasteiger partial charge is 0.0124 e. The van der Waals surface area contributed by atoms with Crippen LogP contribution in [-0.4, -0.2) is 12.6 Å². The van der Waals surface area contributed by atoms with E-state index >= 15 is 0 Å². The van der Waals surface area contributed by atoms with Gasteiger partial charge in [0.15, 0.2) is 0 Å². The quantitative estimate of drug-likeness (QED) is 0.743. The van der Waals surface area contributed by atoms with Crippen LogP contribution in [0.15, 0.2) is 0 Å². The van der Waals surface area contributed by atoms with Crippen LogP contribution in [0.1, 0.15) is 65.2 Å². The van der Waals surface area contributed by atoms with Crippen LogP contribution in [-0.2, 0) is 0 Å². The summed E-state index contributed by atoms with van der Waals surface area (Å²) in [4.78, 5) is 0. The molecule has 1 N–H and O–H groups in total. The van der Waals surface area contributed by atoms with Crippen LogP contribution in [0.5, 0.6) is 0 Å². The monoisotopic (exact) mass is 223 g/mol. The second-order valence-corrected chi connectivity index (χ2v) is 6.20. The van der Waals surface area contributed by atoms with E-state index in [2.05, 4.69) is 19.2 Å². The lowest BCUT2D eigenvalue weighted by atomic mass is 9.85. The minimum Gasteiger partial charge on any atom is -0.313 e. The van der Waals surface area contributed by atoms with Gasteiger partial charge in [0.2, 0.25) is 0 Å². The van der Waals surface area contributed by atoms with E-state index in [0.717, 1.165) is 23.8 Å². The summed E-state index contributed by atoms with van der Waals surface area (Å²) < 4.78 is 0. The maximum Gasteiger partial charge on any atom is 0.0124 e. The number of nitrogens with one attached hydrogen (secondary N) is 1. The van der Waals surface area contributed by atoms with Crippen molar-refractivity contribution in [3.63, 3.8) is 0 Å². The standard InChI is InChI=1S/C15H29N/c1-3-10-16-15(13-6-4-5-7-13)14-9-8-12(2)11-14/h12-16H,3-11H2,1-2H3. The highest BCUT2D eigenvalue weighted by molar-refractivity contribution is 4.89. The normalized spacial score (nSPS) is 33.4. The number of hydrogen-bond acceptors (Lipinski definition) is 1. The Kier molecular flexibility index (Phi) is 4.69. The van der Waals surface area contributed by atoms with Gasteiger partial charge in [-0.05, 0) is 56.4 Å². The third-order valence-corrected chi connectivity index (χ3v) is 4.78. The molecule has 0 aromatic heterocycles. The first-order valence-electron chi connectivity index (χ1n) is 7.54. The Hall–Kier alpha value is -0.0400. The molecular weight excluding hydrogens is 194 g/mol. The molecule has 2 aliphatic carbocycles. The van der Waals surface area contributed by atoms with Crippen LogP contribution in [0.4, 0.5) is 0 Å². The number of hydrogen-bond donors (Lipinski definition) is 1. The zero-order valence-electron chi connectivity index (χ0n) is 11.2. The molecule has 2 fully saturated rings.